The monoisotopic (exact) mass is 330 g/mol. The SMILES string of the molecule is Cl.Cl.NC1CCN(Cc2ccc(-c3ccccc3)s2)C1. The van der Waals surface area contributed by atoms with Crippen LogP contribution in [0.1, 0.15) is 11.3 Å². The van der Waals surface area contributed by atoms with Crippen LogP contribution in [0.25, 0.3) is 10.4 Å². The Morgan fingerprint density at radius 3 is 2.50 bits per heavy atom. The maximum Gasteiger partial charge on any atom is 0.0346 e. The highest BCUT2D eigenvalue weighted by Gasteiger charge is 2.19. The molecule has 3 rings (SSSR count). The zero-order chi connectivity index (χ0) is 12.4. The van der Waals surface area contributed by atoms with Gasteiger partial charge in [0.1, 0.15) is 0 Å². The number of benzene rings is 1. The van der Waals surface area contributed by atoms with Gasteiger partial charge in [0.25, 0.3) is 0 Å². The van der Waals surface area contributed by atoms with Crippen LogP contribution in [0.5, 0.6) is 0 Å². The fourth-order valence-electron chi connectivity index (χ4n) is 2.45. The van der Waals surface area contributed by atoms with Crippen LogP contribution in [0, 0.1) is 0 Å². The van der Waals surface area contributed by atoms with Gasteiger partial charge >= 0.3 is 0 Å². The molecule has 2 aromatic rings. The molecular formula is C15H20Cl2N2S. The van der Waals surface area contributed by atoms with Crippen molar-refractivity contribution < 1.29 is 0 Å². The van der Waals surface area contributed by atoms with E-state index in [4.69, 9.17) is 5.73 Å². The van der Waals surface area contributed by atoms with Gasteiger partial charge in [-0.3, -0.25) is 4.90 Å². The predicted molar refractivity (Wildman–Crippen MR) is 92.1 cm³/mol. The summed E-state index contributed by atoms with van der Waals surface area (Å²) in [5, 5.41) is 0. The lowest BCUT2D eigenvalue weighted by Crippen LogP contribution is -2.25. The van der Waals surface area contributed by atoms with E-state index in [1.54, 1.807) is 0 Å². The number of hydrogen-bond donors (Lipinski definition) is 1. The molecule has 2 N–H and O–H groups in total. The van der Waals surface area contributed by atoms with Crippen LogP contribution in [-0.4, -0.2) is 24.0 Å². The molecule has 2 nitrogen and oxygen atoms in total. The predicted octanol–water partition coefficient (Wildman–Crippen LogP) is 3.79. The van der Waals surface area contributed by atoms with E-state index in [2.05, 4.69) is 47.4 Å². The third-order valence-electron chi connectivity index (χ3n) is 3.41. The van der Waals surface area contributed by atoms with E-state index in [9.17, 15) is 0 Å². The molecule has 2 heterocycles. The van der Waals surface area contributed by atoms with Crippen LogP contribution in [0.2, 0.25) is 0 Å². The van der Waals surface area contributed by atoms with Crippen molar-refractivity contribution in [3.8, 4) is 10.4 Å². The maximum atomic E-state index is 5.94. The summed E-state index contributed by atoms with van der Waals surface area (Å²) in [6.07, 6.45) is 1.14. The Kier molecular flexibility index (Phi) is 7.00. The van der Waals surface area contributed by atoms with E-state index < -0.39 is 0 Å². The van der Waals surface area contributed by atoms with Gasteiger partial charge in [-0.15, -0.1) is 36.2 Å². The summed E-state index contributed by atoms with van der Waals surface area (Å²) >= 11 is 1.89. The molecule has 110 valence electrons. The summed E-state index contributed by atoms with van der Waals surface area (Å²) in [7, 11) is 0. The first kappa shape index (κ1) is 17.5. The van der Waals surface area contributed by atoms with E-state index in [1.165, 1.54) is 15.3 Å². The summed E-state index contributed by atoms with van der Waals surface area (Å²) in [5.41, 5.74) is 7.25. The molecule has 1 aromatic heterocycles. The van der Waals surface area contributed by atoms with Crippen LogP contribution in [-0.2, 0) is 6.54 Å². The van der Waals surface area contributed by atoms with E-state index >= 15 is 0 Å². The third kappa shape index (κ3) is 4.21. The molecule has 20 heavy (non-hydrogen) atoms. The molecule has 1 fully saturated rings. The lowest BCUT2D eigenvalue weighted by atomic mass is 10.2. The number of halogens is 2. The summed E-state index contributed by atoms with van der Waals surface area (Å²) in [6, 6.07) is 15.4. The van der Waals surface area contributed by atoms with Crippen molar-refractivity contribution in [3.63, 3.8) is 0 Å². The van der Waals surface area contributed by atoms with Gasteiger partial charge in [-0.1, -0.05) is 30.3 Å². The zero-order valence-corrected chi connectivity index (χ0v) is 13.6. The molecule has 1 atom stereocenters. The van der Waals surface area contributed by atoms with Gasteiger partial charge in [-0.25, -0.2) is 0 Å². The maximum absolute atomic E-state index is 5.94. The van der Waals surface area contributed by atoms with Gasteiger partial charge in [0, 0.05) is 35.4 Å². The summed E-state index contributed by atoms with van der Waals surface area (Å²) < 4.78 is 0. The molecule has 1 aliphatic heterocycles. The molecule has 1 aromatic carbocycles. The minimum Gasteiger partial charge on any atom is -0.326 e. The molecule has 1 saturated heterocycles. The van der Waals surface area contributed by atoms with Gasteiger partial charge in [0.2, 0.25) is 0 Å². The molecule has 1 unspecified atom stereocenters. The normalized spacial score (nSPS) is 18.4. The lowest BCUT2D eigenvalue weighted by molar-refractivity contribution is 0.330. The fourth-order valence-corrected chi connectivity index (χ4v) is 3.50. The van der Waals surface area contributed by atoms with Gasteiger partial charge in [-0.05, 0) is 24.1 Å². The zero-order valence-electron chi connectivity index (χ0n) is 11.2. The number of hydrogen-bond acceptors (Lipinski definition) is 3. The Labute approximate surface area is 136 Å². The molecule has 0 radical (unpaired) electrons. The smallest absolute Gasteiger partial charge is 0.0346 e. The number of rotatable bonds is 3. The minimum absolute atomic E-state index is 0. The van der Waals surface area contributed by atoms with Crippen LogP contribution in [0.4, 0.5) is 0 Å². The van der Waals surface area contributed by atoms with Crippen LogP contribution in [0.3, 0.4) is 0 Å². The van der Waals surface area contributed by atoms with Crippen LogP contribution >= 0.6 is 36.2 Å². The number of nitrogens with zero attached hydrogens (tertiary/aromatic N) is 1. The van der Waals surface area contributed by atoms with Crippen molar-refractivity contribution in [3.05, 3.63) is 47.3 Å². The Hall–Kier alpha value is -0.580. The highest BCUT2D eigenvalue weighted by molar-refractivity contribution is 7.15. The second-order valence-corrected chi connectivity index (χ2v) is 6.08. The molecule has 5 heteroatoms. The highest BCUT2D eigenvalue weighted by Crippen LogP contribution is 2.29. The third-order valence-corrected chi connectivity index (χ3v) is 4.53. The van der Waals surface area contributed by atoms with E-state index in [0.29, 0.717) is 6.04 Å². The summed E-state index contributed by atoms with van der Waals surface area (Å²) in [4.78, 5) is 5.24. The van der Waals surface area contributed by atoms with Gasteiger partial charge in [0.15, 0.2) is 0 Å². The van der Waals surface area contributed by atoms with Gasteiger partial charge in [-0.2, -0.15) is 0 Å². The average molecular weight is 331 g/mol. The minimum atomic E-state index is 0. The first-order valence-corrected chi connectivity index (χ1v) is 7.25. The first-order valence-electron chi connectivity index (χ1n) is 6.43. The van der Waals surface area contributed by atoms with E-state index in [0.717, 1.165) is 26.1 Å². The van der Waals surface area contributed by atoms with E-state index in [1.807, 2.05) is 11.3 Å². The molecule has 0 saturated carbocycles. The van der Waals surface area contributed by atoms with Crippen molar-refractivity contribution in [1.29, 1.82) is 0 Å². The lowest BCUT2D eigenvalue weighted by Gasteiger charge is -2.13. The standard InChI is InChI=1S/C15H18N2S.2ClH/c16-13-8-9-17(10-13)11-14-6-7-15(18-14)12-4-2-1-3-5-12;;/h1-7,13H,8-11,16H2;2*1H. The van der Waals surface area contributed by atoms with Crippen molar-refractivity contribution in [2.75, 3.05) is 13.1 Å². The Morgan fingerprint density at radius 1 is 1.10 bits per heavy atom. The quantitative estimate of drug-likeness (QED) is 0.927. The van der Waals surface area contributed by atoms with Crippen LogP contribution in [0.15, 0.2) is 42.5 Å². The van der Waals surface area contributed by atoms with Crippen LogP contribution < -0.4 is 5.73 Å². The van der Waals surface area contributed by atoms with Crippen molar-refractivity contribution in [2.24, 2.45) is 5.73 Å². The Balaban J connectivity index is 0.000001000. The van der Waals surface area contributed by atoms with Crippen molar-refractivity contribution >= 4 is 36.2 Å². The highest BCUT2D eigenvalue weighted by atomic mass is 35.5. The Bertz CT molecular complexity index is 516. The number of nitrogens with two attached hydrogens (primary N) is 1. The molecule has 0 aliphatic carbocycles. The van der Waals surface area contributed by atoms with Gasteiger partial charge < -0.3 is 5.73 Å². The van der Waals surface area contributed by atoms with Crippen molar-refractivity contribution in [1.82, 2.24) is 4.90 Å². The number of likely N-dealkylation sites (tertiary alicyclic amines) is 1. The van der Waals surface area contributed by atoms with E-state index in [-0.39, 0.29) is 24.8 Å². The summed E-state index contributed by atoms with van der Waals surface area (Å²) in [6.45, 7) is 3.23. The fraction of sp³-hybridized carbons (Fsp3) is 0.333. The molecule has 0 amide bonds. The average Bonchev–Trinajstić information content (AvgIpc) is 3.01. The van der Waals surface area contributed by atoms with Gasteiger partial charge in [0.05, 0.1) is 0 Å². The first-order chi connectivity index (χ1) is 8.81. The largest absolute Gasteiger partial charge is 0.326 e. The summed E-state index contributed by atoms with van der Waals surface area (Å²) in [5.74, 6) is 0. The second kappa shape index (κ2) is 8.01. The number of thiophene rings is 1. The topological polar surface area (TPSA) is 29.3 Å². The molecule has 0 spiro atoms. The molecule has 0 bridgehead atoms. The van der Waals surface area contributed by atoms with Crippen molar-refractivity contribution in [2.45, 2.75) is 19.0 Å². The second-order valence-electron chi connectivity index (χ2n) is 4.92. The molecular weight excluding hydrogens is 311 g/mol. The molecule has 1 aliphatic rings. The Morgan fingerprint density at radius 2 is 1.85 bits per heavy atom.